The van der Waals surface area contributed by atoms with Gasteiger partial charge in [-0.05, 0) is 63.3 Å². The molecule has 2 heterocycles. The van der Waals surface area contributed by atoms with Crippen molar-refractivity contribution in [3.8, 4) is 16.2 Å². The summed E-state index contributed by atoms with van der Waals surface area (Å²) in [6.45, 7) is 3.98. The molecule has 0 bridgehead atoms. The molecule has 1 saturated heterocycles. The van der Waals surface area contributed by atoms with E-state index < -0.39 is 0 Å². The van der Waals surface area contributed by atoms with Gasteiger partial charge in [-0.2, -0.15) is 0 Å². The van der Waals surface area contributed by atoms with E-state index in [1.807, 2.05) is 38.4 Å². The maximum atomic E-state index is 12.8. The van der Waals surface area contributed by atoms with Crippen LogP contribution in [-0.2, 0) is 4.74 Å². The van der Waals surface area contributed by atoms with E-state index in [2.05, 4.69) is 10.2 Å². The van der Waals surface area contributed by atoms with Crippen molar-refractivity contribution in [3.63, 3.8) is 0 Å². The number of thiophene rings is 1. The van der Waals surface area contributed by atoms with Crippen LogP contribution in [0.25, 0.3) is 10.4 Å². The SMILES string of the molecule is COc1cc(-c2ccc(C(=O)NCCCCN(C)C)s2)ccc1C(=O)N1CCOCC1. The number of rotatable bonds is 9. The molecule has 1 aliphatic rings. The summed E-state index contributed by atoms with van der Waals surface area (Å²) >= 11 is 1.44. The second kappa shape index (κ2) is 11.3. The van der Waals surface area contributed by atoms with Gasteiger partial charge in [0.25, 0.3) is 11.8 Å². The molecule has 1 aromatic heterocycles. The fourth-order valence-electron chi connectivity index (χ4n) is 3.42. The van der Waals surface area contributed by atoms with Crippen molar-refractivity contribution in [2.24, 2.45) is 0 Å². The van der Waals surface area contributed by atoms with Crippen LogP contribution < -0.4 is 10.1 Å². The third-order valence-electron chi connectivity index (χ3n) is 5.16. The van der Waals surface area contributed by atoms with Crippen LogP contribution in [0, 0.1) is 0 Å². The molecule has 1 fully saturated rings. The Balaban J connectivity index is 1.64. The van der Waals surface area contributed by atoms with Crippen molar-refractivity contribution >= 4 is 23.2 Å². The van der Waals surface area contributed by atoms with Gasteiger partial charge in [0.15, 0.2) is 0 Å². The number of unbranched alkanes of at least 4 members (excludes halogenated alkanes) is 1. The van der Waals surface area contributed by atoms with Crippen LogP contribution in [-0.4, -0.2) is 82.2 Å². The summed E-state index contributed by atoms with van der Waals surface area (Å²) < 4.78 is 10.8. The van der Waals surface area contributed by atoms with Crippen LogP contribution in [0.4, 0.5) is 0 Å². The maximum Gasteiger partial charge on any atom is 0.261 e. The molecular weight excluding hydrogens is 414 g/mol. The highest BCUT2D eigenvalue weighted by molar-refractivity contribution is 7.17. The largest absolute Gasteiger partial charge is 0.496 e. The van der Waals surface area contributed by atoms with E-state index >= 15 is 0 Å². The quantitative estimate of drug-likeness (QED) is 0.601. The Morgan fingerprint density at radius 3 is 2.65 bits per heavy atom. The normalized spacial score (nSPS) is 14.0. The number of hydrogen-bond acceptors (Lipinski definition) is 6. The van der Waals surface area contributed by atoms with Gasteiger partial charge in [-0.15, -0.1) is 11.3 Å². The van der Waals surface area contributed by atoms with E-state index in [0.717, 1.165) is 29.8 Å². The Hall–Kier alpha value is -2.42. The van der Waals surface area contributed by atoms with Gasteiger partial charge in [-0.1, -0.05) is 6.07 Å². The molecule has 1 aromatic carbocycles. The van der Waals surface area contributed by atoms with Crippen molar-refractivity contribution in [2.75, 3.05) is 60.6 Å². The lowest BCUT2D eigenvalue weighted by atomic mass is 10.1. The van der Waals surface area contributed by atoms with Crippen molar-refractivity contribution in [1.29, 1.82) is 0 Å². The molecule has 3 rings (SSSR count). The average Bonchev–Trinajstić information content (AvgIpc) is 3.28. The molecule has 1 aliphatic heterocycles. The van der Waals surface area contributed by atoms with Gasteiger partial charge < -0.3 is 24.6 Å². The van der Waals surface area contributed by atoms with Crippen molar-refractivity contribution in [2.45, 2.75) is 12.8 Å². The summed E-state index contributed by atoms with van der Waals surface area (Å²) in [5, 5.41) is 2.99. The number of nitrogens with one attached hydrogen (secondary N) is 1. The van der Waals surface area contributed by atoms with E-state index in [1.54, 1.807) is 18.1 Å². The highest BCUT2D eigenvalue weighted by atomic mass is 32.1. The first kappa shape index (κ1) is 23.2. The number of benzene rings is 1. The predicted molar refractivity (Wildman–Crippen MR) is 123 cm³/mol. The summed E-state index contributed by atoms with van der Waals surface area (Å²) in [4.78, 5) is 30.8. The van der Waals surface area contributed by atoms with Crippen LogP contribution in [0.1, 0.15) is 32.9 Å². The summed E-state index contributed by atoms with van der Waals surface area (Å²) in [6, 6.07) is 9.35. The number of carbonyl (C=O) groups excluding carboxylic acids is 2. The zero-order chi connectivity index (χ0) is 22.2. The highest BCUT2D eigenvalue weighted by Crippen LogP contribution is 2.32. The topological polar surface area (TPSA) is 71.1 Å². The maximum absolute atomic E-state index is 12.8. The van der Waals surface area contributed by atoms with Gasteiger partial charge in [-0.25, -0.2) is 0 Å². The smallest absolute Gasteiger partial charge is 0.261 e. The summed E-state index contributed by atoms with van der Waals surface area (Å²) in [6.07, 6.45) is 2.01. The number of methoxy groups -OCH3 is 1. The van der Waals surface area contributed by atoms with Gasteiger partial charge in [0, 0.05) is 24.5 Å². The lowest BCUT2D eigenvalue weighted by Crippen LogP contribution is -2.40. The molecule has 0 unspecified atom stereocenters. The zero-order valence-corrected chi connectivity index (χ0v) is 19.3. The van der Waals surface area contributed by atoms with E-state index in [-0.39, 0.29) is 11.8 Å². The molecule has 0 spiro atoms. The minimum Gasteiger partial charge on any atom is -0.496 e. The van der Waals surface area contributed by atoms with Crippen LogP contribution in [0.5, 0.6) is 5.75 Å². The van der Waals surface area contributed by atoms with Gasteiger partial charge in [0.05, 0.1) is 30.8 Å². The van der Waals surface area contributed by atoms with Crippen molar-refractivity contribution < 1.29 is 19.1 Å². The molecular formula is C23H31N3O4S. The first-order valence-corrected chi connectivity index (χ1v) is 11.4. The Morgan fingerprint density at radius 1 is 1.16 bits per heavy atom. The number of ether oxygens (including phenoxy) is 2. The van der Waals surface area contributed by atoms with Gasteiger partial charge in [-0.3, -0.25) is 9.59 Å². The number of hydrogen-bond donors (Lipinski definition) is 1. The standard InChI is InChI=1S/C23H31N3O4S/c1-25(2)11-5-4-10-24-22(27)21-9-8-20(31-21)17-6-7-18(19(16-17)29-3)23(28)26-12-14-30-15-13-26/h6-9,16H,4-5,10-15H2,1-3H3,(H,24,27). The fraction of sp³-hybridized carbons (Fsp3) is 0.478. The molecule has 0 atom stereocenters. The van der Waals surface area contributed by atoms with E-state index in [1.165, 1.54) is 11.3 Å². The molecule has 7 nitrogen and oxygen atoms in total. The molecule has 168 valence electrons. The molecule has 0 radical (unpaired) electrons. The molecule has 0 aliphatic carbocycles. The summed E-state index contributed by atoms with van der Waals surface area (Å²) in [5.74, 6) is 0.439. The molecule has 2 amide bonds. The van der Waals surface area contributed by atoms with Gasteiger partial charge in [0.1, 0.15) is 5.75 Å². The molecule has 8 heteroatoms. The Bertz CT molecular complexity index is 891. The first-order valence-electron chi connectivity index (χ1n) is 10.6. The summed E-state index contributed by atoms with van der Waals surface area (Å²) in [7, 11) is 5.66. The van der Waals surface area contributed by atoms with E-state index in [9.17, 15) is 9.59 Å². The minimum absolute atomic E-state index is 0.0489. The third kappa shape index (κ3) is 6.29. The lowest BCUT2D eigenvalue weighted by molar-refractivity contribution is 0.0301. The van der Waals surface area contributed by atoms with E-state index in [4.69, 9.17) is 9.47 Å². The number of nitrogens with zero attached hydrogens (tertiary/aromatic N) is 2. The second-order valence-electron chi connectivity index (χ2n) is 7.75. The van der Waals surface area contributed by atoms with Crippen LogP contribution in [0.3, 0.4) is 0 Å². The van der Waals surface area contributed by atoms with Gasteiger partial charge >= 0.3 is 0 Å². The molecule has 0 saturated carbocycles. The van der Waals surface area contributed by atoms with Crippen molar-refractivity contribution in [3.05, 3.63) is 40.8 Å². The average molecular weight is 446 g/mol. The Morgan fingerprint density at radius 2 is 1.94 bits per heavy atom. The zero-order valence-electron chi connectivity index (χ0n) is 18.5. The second-order valence-corrected chi connectivity index (χ2v) is 8.83. The minimum atomic E-state index is -0.0489. The molecule has 2 aromatic rings. The third-order valence-corrected chi connectivity index (χ3v) is 6.30. The van der Waals surface area contributed by atoms with E-state index in [0.29, 0.717) is 49.0 Å². The number of carbonyl (C=O) groups is 2. The summed E-state index contributed by atoms with van der Waals surface area (Å²) in [5.41, 5.74) is 1.46. The van der Waals surface area contributed by atoms with Crippen LogP contribution >= 0.6 is 11.3 Å². The lowest BCUT2D eigenvalue weighted by Gasteiger charge is -2.27. The van der Waals surface area contributed by atoms with Crippen LogP contribution in [0.2, 0.25) is 0 Å². The number of amides is 2. The predicted octanol–water partition coefficient (Wildman–Crippen LogP) is 2.97. The van der Waals surface area contributed by atoms with Crippen molar-refractivity contribution in [1.82, 2.24) is 15.1 Å². The van der Waals surface area contributed by atoms with Gasteiger partial charge in [0.2, 0.25) is 0 Å². The Kier molecular flexibility index (Phi) is 8.45. The monoisotopic (exact) mass is 445 g/mol. The Labute approximate surface area is 187 Å². The number of morpholine rings is 1. The molecule has 31 heavy (non-hydrogen) atoms. The molecule has 1 N–H and O–H groups in total. The fourth-order valence-corrected chi connectivity index (χ4v) is 4.33. The first-order chi connectivity index (χ1) is 15.0. The highest BCUT2D eigenvalue weighted by Gasteiger charge is 2.22. The van der Waals surface area contributed by atoms with Crippen LogP contribution in [0.15, 0.2) is 30.3 Å².